The van der Waals surface area contributed by atoms with Crippen molar-refractivity contribution in [2.45, 2.75) is 95.3 Å². The van der Waals surface area contributed by atoms with Crippen LogP contribution in [0, 0.1) is 0 Å². The van der Waals surface area contributed by atoms with Crippen molar-refractivity contribution in [1.29, 1.82) is 0 Å². The van der Waals surface area contributed by atoms with Crippen molar-refractivity contribution in [3.8, 4) is 22.6 Å². The summed E-state index contributed by atoms with van der Waals surface area (Å²) in [5.41, 5.74) is -9.78. The van der Waals surface area contributed by atoms with E-state index < -0.39 is 186 Å². The van der Waals surface area contributed by atoms with Gasteiger partial charge in [-0.1, -0.05) is 60.7 Å². The van der Waals surface area contributed by atoms with Gasteiger partial charge in [0.25, 0.3) is 0 Å². The summed E-state index contributed by atoms with van der Waals surface area (Å²) >= 11 is 0. The second kappa shape index (κ2) is 21.0. The minimum Gasteiger partial charge on any atom is -0.507 e. The molecule has 0 aromatic heterocycles. The zero-order valence-electron chi connectivity index (χ0n) is 41.2. The van der Waals surface area contributed by atoms with Crippen LogP contribution in [0.3, 0.4) is 0 Å². The van der Waals surface area contributed by atoms with Gasteiger partial charge in [-0.3, -0.25) is 9.98 Å². The SMILES string of the molecule is Oc1ccccc1C=Nc1ccc2cc(C(F)(F)C(F)(F)C(F)(F)C(F)(F)C(F)(F)C(F)(F)C(F)(F)C(F)(F)F)ccc2c1-c1c(N=Cc2ccccc2O)ccc2cc(C(F)(F)C(F)(F)C(F)(F)C(F)(F)C(F)(F)C(F)(F)C(F)(F)C(F)(F)F)ccc12. The molecule has 0 atom stereocenters. The molecular formula is C50H22F34N2O2. The highest BCUT2D eigenvalue weighted by Crippen LogP contribution is 2.68. The largest absolute Gasteiger partial charge is 0.507 e. The molecule has 6 aromatic carbocycles. The fourth-order valence-electron chi connectivity index (χ4n) is 7.93. The van der Waals surface area contributed by atoms with E-state index in [-0.39, 0.29) is 23.3 Å². The smallest absolute Gasteiger partial charge is 0.460 e. The van der Waals surface area contributed by atoms with Gasteiger partial charge in [-0.15, -0.1) is 0 Å². The van der Waals surface area contributed by atoms with Crippen LogP contribution in [-0.2, 0) is 11.8 Å². The Balaban J connectivity index is 1.65. The first-order valence-electron chi connectivity index (χ1n) is 22.6. The first kappa shape index (κ1) is 69.5. The molecule has 88 heavy (non-hydrogen) atoms. The molecule has 0 unspecified atom stereocenters. The van der Waals surface area contributed by atoms with E-state index in [1.54, 1.807) is 0 Å². The number of aromatic hydroxyl groups is 2. The molecule has 0 bridgehead atoms. The van der Waals surface area contributed by atoms with Crippen LogP contribution >= 0.6 is 0 Å². The van der Waals surface area contributed by atoms with E-state index >= 15 is 35.1 Å². The van der Waals surface area contributed by atoms with Crippen molar-refractivity contribution in [2.24, 2.45) is 9.98 Å². The van der Waals surface area contributed by atoms with E-state index in [2.05, 4.69) is 9.98 Å². The van der Waals surface area contributed by atoms with Crippen molar-refractivity contribution in [2.75, 3.05) is 0 Å². The number of halogens is 34. The summed E-state index contributed by atoms with van der Waals surface area (Å²) in [6, 6.07) is 8.56. The van der Waals surface area contributed by atoms with Crippen LogP contribution in [0.1, 0.15) is 22.3 Å². The predicted octanol–water partition coefficient (Wildman–Crippen LogP) is 19.5. The molecule has 0 spiro atoms. The number of fused-ring (bicyclic) bond motifs is 2. The molecule has 6 aromatic rings. The Labute approximate surface area is 464 Å². The third kappa shape index (κ3) is 9.85. The van der Waals surface area contributed by atoms with Gasteiger partial charge in [-0.2, -0.15) is 149 Å². The third-order valence-electron chi connectivity index (χ3n) is 13.0. The van der Waals surface area contributed by atoms with E-state index in [4.69, 9.17) is 0 Å². The molecule has 2 N–H and O–H groups in total. The summed E-state index contributed by atoms with van der Waals surface area (Å²) in [7, 11) is 0. The number of aliphatic imine (C=N–C) groups is 2. The molecule has 0 aliphatic heterocycles. The Morgan fingerprint density at radius 2 is 0.523 bits per heavy atom. The molecule has 4 nitrogen and oxygen atoms in total. The maximum Gasteiger partial charge on any atom is 0.460 e. The van der Waals surface area contributed by atoms with Crippen LogP contribution in [-0.4, -0.2) is 106 Å². The number of para-hydroxylation sites is 2. The Kier molecular flexibility index (Phi) is 16.6. The van der Waals surface area contributed by atoms with Crippen molar-refractivity contribution in [3.05, 3.63) is 131 Å². The molecule has 0 radical (unpaired) electrons. The first-order valence-corrected chi connectivity index (χ1v) is 22.6. The summed E-state index contributed by atoms with van der Waals surface area (Å²) in [4.78, 5) is 8.03. The lowest BCUT2D eigenvalue weighted by molar-refractivity contribution is -0.462. The lowest BCUT2D eigenvalue weighted by Gasteiger charge is -2.42. The molecule has 0 aliphatic carbocycles. The Bertz CT molecular complexity index is 3450. The molecule has 6 rings (SSSR count). The highest BCUT2D eigenvalue weighted by atomic mass is 19.4. The lowest BCUT2D eigenvalue weighted by atomic mass is 9.85. The summed E-state index contributed by atoms with van der Waals surface area (Å²) in [5.74, 6) is -121. The van der Waals surface area contributed by atoms with Crippen molar-refractivity contribution in [3.63, 3.8) is 0 Å². The second-order valence-electron chi connectivity index (χ2n) is 18.5. The van der Waals surface area contributed by atoms with E-state index in [9.17, 15) is 124 Å². The Hall–Kier alpha value is -7.60. The van der Waals surface area contributed by atoms with Crippen LogP contribution in [0.5, 0.6) is 11.5 Å². The number of rotatable bonds is 19. The van der Waals surface area contributed by atoms with Crippen molar-refractivity contribution in [1.82, 2.24) is 0 Å². The molecule has 0 heterocycles. The number of phenolic OH excluding ortho intramolecular Hbond substituents is 2. The van der Waals surface area contributed by atoms with E-state index in [0.717, 1.165) is 24.3 Å². The topological polar surface area (TPSA) is 65.2 Å². The van der Waals surface area contributed by atoms with Gasteiger partial charge in [0.15, 0.2) is 0 Å². The summed E-state index contributed by atoms with van der Waals surface area (Å²) in [6.07, 6.45) is -14.8. The number of benzene rings is 6. The van der Waals surface area contributed by atoms with Crippen LogP contribution in [0.25, 0.3) is 32.7 Å². The van der Waals surface area contributed by atoms with Gasteiger partial charge in [-0.25, -0.2) is 0 Å². The van der Waals surface area contributed by atoms with Crippen LogP contribution in [0.2, 0.25) is 0 Å². The predicted molar refractivity (Wildman–Crippen MR) is 237 cm³/mol. The quantitative estimate of drug-likeness (QED) is 0.0627. The average molecular weight is 1330 g/mol. The van der Waals surface area contributed by atoms with E-state index in [1.165, 1.54) is 24.3 Å². The summed E-state index contributed by atoms with van der Waals surface area (Å²) in [5, 5.41) is 16.4. The average Bonchev–Trinajstić information content (AvgIpc) is 0.703. The molecule has 0 amide bonds. The standard InChI is InChI=1S/C50H22F34N2O2/c51-35(52,37(55,56)39(59,60)41(63,64)43(67,68)45(71,72)47(75,76)49(79,80)81)25-11-13-27-21(17-25)9-15-29(85-19-23-5-1-3-7-31(23)87)33(27)34-28-14-12-26(18-22(28)10-16-30(34)86-20-24-6-2-4-8-32(24)88)36(53,54)38(57,58)40(61,62)42(65,66)44(69,70)46(73,74)48(77,78)50(82,83)84/h1-20,87-88H. The van der Waals surface area contributed by atoms with Crippen LogP contribution in [0.15, 0.2) is 119 Å². The number of hydrogen-bond donors (Lipinski definition) is 2. The monoisotopic (exact) mass is 1330 g/mol. The zero-order valence-corrected chi connectivity index (χ0v) is 41.2. The number of nitrogens with zero attached hydrogens (tertiary/aromatic N) is 2. The molecule has 0 saturated heterocycles. The van der Waals surface area contributed by atoms with Gasteiger partial charge in [0.2, 0.25) is 0 Å². The second-order valence-corrected chi connectivity index (χ2v) is 18.5. The Morgan fingerprint density at radius 1 is 0.273 bits per heavy atom. The molecule has 0 fully saturated rings. The number of alkyl halides is 34. The maximum atomic E-state index is 15.8. The maximum absolute atomic E-state index is 15.8. The normalized spacial score (nSPS) is 15.2. The minimum absolute atomic E-state index is 0.00348. The Morgan fingerprint density at radius 3 is 0.784 bits per heavy atom. The molecule has 0 aliphatic rings. The van der Waals surface area contributed by atoms with E-state index in [1.807, 2.05) is 0 Å². The van der Waals surface area contributed by atoms with Gasteiger partial charge in [0.05, 0.1) is 11.4 Å². The van der Waals surface area contributed by atoms with Gasteiger partial charge in [0, 0.05) is 45.8 Å². The lowest BCUT2D eigenvalue weighted by Crippen LogP contribution is -2.74. The summed E-state index contributed by atoms with van der Waals surface area (Å²) < 4.78 is 486. The molecule has 482 valence electrons. The third-order valence-corrected chi connectivity index (χ3v) is 13.0. The highest BCUT2D eigenvalue weighted by molar-refractivity contribution is 6.14. The highest BCUT2D eigenvalue weighted by Gasteiger charge is 2.97. The van der Waals surface area contributed by atoms with Gasteiger partial charge < -0.3 is 10.2 Å². The van der Waals surface area contributed by atoms with Crippen molar-refractivity contribution >= 4 is 45.3 Å². The summed E-state index contributed by atoms with van der Waals surface area (Å²) in [6.45, 7) is 0. The van der Waals surface area contributed by atoms with Gasteiger partial charge >= 0.3 is 95.3 Å². The number of hydrogen-bond acceptors (Lipinski definition) is 4. The zero-order chi connectivity index (χ0) is 67.6. The molecule has 38 heteroatoms. The fraction of sp³-hybridized carbons (Fsp3) is 0.320. The minimum atomic E-state index is -9.04. The van der Waals surface area contributed by atoms with Crippen LogP contribution < -0.4 is 0 Å². The van der Waals surface area contributed by atoms with Gasteiger partial charge in [0.1, 0.15) is 11.5 Å². The van der Waals surface area contributed by atoms with E-state index in [0.29, 0.717) is 36.7 Å². The van der Waals surface area contributed by atoms with Crippen LogP contribution in [0.4, 0.5) is 161 Å². The number of phenols is 2. The first-order chi connectivity index (χ1) is 39.4. The fourth-order valence-corrected chi connectivity index (χ4v) is 7.93. The molecular weight excluding hydrogens is 1310 g/mol. The van der Waals surface area contributed by atoms with Crippen molar-refractivity contribution < 1.29 is 159 Å². The molecule has 0 saturated carbocycles. The van der Waals surface area contributed by atoms with Gasteiger partial charge in [-0.05, 0) is 70.1 Å².